The third-order valence-corrected chi connectivity index (χ3v) is 1.47. The monoisotopic (exact) mass is 161 g/mol. The Balaban J connectivity index is 3.77. The van der Waals surface area contributed by atoms with Gasteiger partial charge in [-0.3, -0.25) is 4.79 Å². The molecule has 0 bridgehead atoms. The molecule has 0 aliphatic carbocycles. The van der Waals surface area contributed by atoms with Gasteiger partial charge in [-0.25, -0.2) is 0 Å². The Morgan fingerprint density at radius 3 is 2.45 bits per heavy atom. The van der Waals surface area contributed by atoms with Crippen LogP contribution in [-0.4, -0.2) is 46.8 Å². The van der Waals surface area contributed by atoms with E-state index >= 15 is 0 Å². The Morgan fingerprint density at radius 2 is 2.18 bits per heavy atom. The first-order valence-electron chi connectivity index (χ1n) is 3.66. The summed E-state index contributed by atoms with van der Waals surface area (Å²) >= 11 is 0. The third kappa shape index (κ3) is 3.95. The van der Waals surface area contributed by atoms with Crippen LogP contribution in [0.5, 0.6) is 0 Å². The Hall–Kier alpha value is -0.610. The maximum Gasteiger partial charge on any atom is 0.219 e. The second-order valence-corrected chi connectivity index (χ2v) is 2.39. The SMILES string of the molecule is CCN(CC(O)CO)C(C)=O. The molecule has 2 N–H and O–H groups in total. The average molecular weight is 161 g/mol. The zero-order valence-electron chi connectivity index (χ0n) is 6.95. The molecular formula is C7H15NO3. The van der Waals surface area contributed by atoms with Gasteiger partial charge in [-0.15, -0.1) is 0 Å². The van der Waals surface area contributed by atoms with E-state index in [2.05, 4.69) is 0 Å². The molecule has 0 saturated carbocycles. The van der Waals surface area contributed by atoms with Crippen LogP contribution in [0, 0.1) is 0 Å². The maximum atomic E-state index is 10.8. The molecule has 4 heteroatoms. The van der Waals surface area contributed by atoms with E-state index in [-0.39, 0.29) is 19.1 Å². The Morgan fingerprint density at radius 1 is 1.64 bits per heavy atom. The van der Waals surface area contributed by atoms with E-state index in [0.29, 0.717) is 6.54 Å². The van der Waals surface area contributed by atoms with E-state index in [1.807, 2.05) is 6.92 Å². The highest BCUT2D eigenvalue weighted by molar-refractivity contribution is 5.73. The molecule has 1 atom stereocenters. The van der Waals surface area contributed by atoms with Gasteiger partial charge in [-0.05, 0) is 6.92 Å². The van der Waals surface area contributed by atoms with Crippen molar-refractivity contribution in [3.8, 4) is 0 Å². The van der Waals surface area contributed by atoms with Gasteiger partial charge >= 0.3 is 0 Å². The molecule has 1 unspecified atom stereocenters. The van der Waals surface area contributed by atoms with Gasteiger partial charge in [-0.2, -0.15) is 0 Å². The highest BCUT2D eigenvalue weighted by Gasteiger charge is 2.10. The van der Waals surface area contributed by atoms with Crippen LogP contribution in [0.15, 0.2) is 0 Å². The molecule has 0 aromatic carbocycles. The van der Waals surface area contributed by atoms with Gasteiger partial charge in [0, 0.05) is 20.0 Å². The fourth-order valence-electron chi connectivity index (χ4n) is 0.792. The number of nitrogens with zero attached hydrogens (tertiary/aromatic N) is 1. The van der Waals surface area contributed by atoms with Crippen molar-refractivity contribution in [1.82, 2.24) is 4.90 Å². The zero-order valence-corrected chi connectivity index (χ0v) is 6.95. The smallest absolute Gasteiger partial charge is 0.219 e. The average Bonchev–Trinajstić information content (AvgIpc) is 1.99. The number of hydrogen-bond donors (Lipinski definition) is 2. The highest BCUT2D eigenvalue weighted by atomic mass is 16.3. The number of aliphatic hydroxyl groups is 2. The quantitative estimate of drug-likeness (QED) is 0.568. The summed E-state index contributed by atoms with van der Waals surface area (Å²) in [6, 6.07) is 0. The van der Waals surface area contributed by atoms with E-state index in [9.17, 15) is 4.79 Å². The topological polar surface area (TPSA) is 60.8 Å². The Kier molecular flexibility index (Phi) is 4.81. The van der Waals surface area contributed by atoms with Crippen molar-refractivity contribution in [3.05, 3.63) is 0 Å². The van der Waals surface area contributed by atoms with E-state index < -0.39 is 6.10 Å². The number of rotatable bonds is 4. The number of likely N-dealkylation sites (N-methyl/N-ethyl adjacent to an activating group) is 1. The minimum absolute atomic E-state index is 0.0833. The first-order chi connectivity index (χ1) is 5.11. The lowest BCUT2D eigenvalue weighted by Gasteiger charge is -2.20. The standard InChI is InChI=1S/C7H15NO3/c1-3-8(6(2)10)4-7(11)5-9/h7,9,11H,3-5H2,1-2H3. The molecule has 0 aromatic rings. The molecule has 0 rings (SSSR count). The number of hydrogen-bond acceptors (Lipinski definition) is 3. The molecule has 1 amide bonds. The zero-order chi connectivity index (χ0) is 8.85. The van der Waals surface area contributed by atoms with Crippen LogP contribution >= 0.6 is 0 Å². The molecular weight excluding hydrogens is 146 g/mol. The second-order valence-electron chi connectivity index (χ2n) is 2.39. The van der Waals surface area contributed by atoms with Crippen molar-refractivity contribution in [2.45, 2.75) is 20.0 Å². The highest BCUT2D eigenvalue weighted by Crippen LogP contribution is 1.92. The van der Waals surface area contributed by atoms with E-state index in [4.69, 9.17) is 10.2 Å². The molecule has 4 nitrogen and oxygen atoms in total. The van der Waals surface area contributed by atoms with Crippen LogP contribution in [0.2, 0.25) is 0 Å². The van der Waals surface area contributed by atoms with Crippen LogP contribution < -0.4 is 0 Å². The molecule has 0 saturated heterocycles. The summed E-state index contributed by atoms with van der Waals surface area (Å²) < 4.78 is 0. The van der Waals surface area contributed by atoms with Crippen molar-refractivity contribution < 1.29 is 15.0 Å². The van der Waals surface area contributed by atoms with Gasteiger partial charge < -0.3 is 15.1 Å². The van der Waals surface area contributed by atoms with E-state index in [0.717, 1.165) is 0 Å². The van der Waals surface area contributed by atoms with Crippen molar-refractivity contribution in [1.29, 1.82) is 0 Å². The number of aliphatic hydroxyl groups excluding tert-OH is 2. The van der Waals surface area contributed by atoms with Gasteiger partial charge in [0.2, 0.25) is 5.91 Å². The van der Waals surface area contributed by atoms with Gasteiger partial charge in [0.05, 0.1) is 12.7 Å². The van der Waals surface area contributed by atoms with Crippen molar-refractivity contribution in [2.24, 2.45) is 0 Å². The van der Waals surface area contributed by atoms with Crippen LogP contribution in [0.3, 0.4) is 0 Å². The summed E-state index contributed by atoms with van der Waals surface area (Å²) in [6.07, 6.45) is -0.821. The summed E-state index contributed by atoms with van der Waals surface area (Å²) in [5.74, 6) is -0.0833. The first-order valence-corrected chi connectivity index (χ1v) is 3.66. The van der Waals surface area contributed by atoms with Crippen molar-refractivity contribution in [3.63, 3.8) is 0 Å². The molecule has 0 spiro atoms. The minimum Gasteiger partial charge on any atom is -0.394 e. The second kappa shape index (κ2) is 5.09. The number of carbonyl (C=O) groups excluding carboxylic acids is 1. The molecule has 0 aromatic heterocycles. The number of carbonyl (C=O) groups is 1. The van der Waals surface area contributed by atoms with Crippen LogP contribution in [0.1, 0.15) is 13.8 Å². The summed E-state index contributed by atoms with van der Waals surface area (Å²) in [4.78, 5) is 12.2. The van der Waals surface area contributed by atoms with Gasteiger partial charge in [0.15, 0.2) is 0 Å². The fourth-order valence-corrected chi connectivity index (χ4v) is 0.792. The summed E-state index contributed by atoms with van der Waals surface area (Å²) in [5, 5.41) is 17.4. The van der Waals surface area contributed by atoms with Gasteiger partial charge in [0.25, 0.3) is 0 Å². The largest absolute Gasteiger partial charge is 0.394 e. The van der Waals surface area contributed by atoms with Crippen LogP contribution in [0.25, 0.3) is 0 Å². The van der Waals surface area contributed by atoms with Gasteiger partial charge in [-0.1, -0.05) is 0 Å². The third-order valence-electron chi connectivity index (χ3n) is 1.47. The molecule has 0 heterocycles. The molecule has 0 fully saturated rings. The number of amides is 1. The summed E-state index contributed by atoms with van der Waals surface area (Å²) in [7, 11) is 0. The maximum absolute atomic E-state index is 10.8. The lowest BCUT2D eigenvalue weighted by Crippen LogP contribution is -2.37. The molecule has 66 valence electrons. The summed E-state index contributed by atoms with van der Waals surface area (Å²) in [6.45, 7) is 3.73. The van der Waals surface area contributed by atoms with Crippen LogP contribution in [0.4, 0.5) is 0 Å². The molecule has 0 aliphatic rings. The predicted octanol–water partition coefficient (Wildman–Crippen LogP) is -0.792. The Labute approximate surface area is 66.4 Å². The molecule has 11 heavy (non-hydrogen) atoms. The lowest BCUT2D eigenvalue weighted by atomic mass is 10.3. The first kappa shape index (κ1) is 10.4. The van der Waals surface area contributed by atoms with E-state index in [1.165, 1.54) is 11.8 Å². The van der Waals surface area contributed by atoms with Crippen molar-refractivity contribution in [2.75, 3.05) is 19.7 Å². The minimum atomic E-state index is -0.821. The van der Waals surface area contributed by atoms with Crippen molar-refractivity contribution >= 4 is 5.91 Å². The van der Waals surface area contributed by atoms with Crippen LogP contribution in [-0.2, 0) is 4.79 Å². The molecule has 0 radical (unpaired) electrons. The Bertz CT molecular complexity index is 127. The fraction of sp³-hybridized carbons (Fsp3) is 0.857. The summed E-state index contributed by atoms with van der Waals surface area (Å²) in [5.41, 5.74) is 0. The lowest BCUT2D eigenvalue weighted by molar-refractivity contribution is -0.130. The normalized spacial score (nSPS) is 12.7. The predicted molar refractivity (Wildman–Crippen MR) is 41.0 cm³/mol. The molecule has 0 aliphatic heterocycles. The van der Waals surface area contributed by atoms with Gasteiger partial charge in [0.1, 0.15) is 0 Å². The van der Waals surface area contributed by atoms with E-state index in [1.54, 1.807) is 0 Å².